The van der Waals surface area contributed by atoms with Crippen molar-refractivity contribution in [1.82, 2.24) is 14.5 Å². The Labute approximate surface area is 171 Å². The molecule has 29 heavy (non-hydrogen) atoms. The van der Waals surface area contributed by atoms with Crippen molar-refractivity contribution in [1.29, 1.82) is 0 Å². The number of carbonyl (C=O) groups excluding carboxylic acids is 1. The Hall–Kier alpha value is -3.39. The highest BCUT2D eigenvalue weighted by Crippen LogP contribution is 2.33. The molecule has 0 bridgehead atoms. The predicted octanol–water partition coefficient (Wildman–Crippen LogP) is 4.45. The van der Waals surface area contributed by atoms with Gasteiger partial charge in [0.15, 0.2) is 0 Å². The topological polar surface area (TPSA) is 78.3 Å². The number of aromatic nitrogens is 3. The smallest absolute Gasteiger partial charge is 0.275 e. The van der Waals surface area contributed by atoms with Crippen LogP contribution in [0.2, 0.25) is 0 Å². The highest BCUT2D eigenvalue weighted by Gasteiger charge is 2.18. The maximum absolute atomic E-state index is 12.8. The van der Waals surface area contributed by atoms with Gasteiger partial charge in [-0.1, -0.05) is 0 Å². The van der Waals surface area contributed by atoms with E-state index in [9.17, 15) is 4.79 Å². The van der Waals surface area contributed by atoms with Crippen molar-refractivity contribution in [3.63, 3.8) is 0 Å². The van der Waals surface area contributed by atoms with Crippen LogP contribution >= 0.6 is 11.3 Å². The molecule has 148 valence electrons. The number of hydrogen-bond donors (Lipinski definition) is 1. The molecule has 0 unspecified atom stereocenters. The molecular formula is C21H20N4O3S. The average molecular weight is 408 g/mol. The van der Waals surface area contributed by atoms with Crippen LogP contribution in [0.4, 0.5) is 5.69 Å². The molecule has 1 amide bonds. The standard InChI is InChI=1S/C21H20N4O3S/c1-4-25-11-15(14-6-5-9-22-19(14)25)21-24-17(12-29-21)20(26)23-16-10-13(27-2)7-8-18(16)28-3/h5-12H,4H2,1-3H3,(H,23,26). The number of pyridine rings is 1. The summed E-state index contributed by atoms with van der Waals surface area (Å²) in [6, 6.07) is 9.15. The van der Waals surface area contributed by atoms with Gasteiger partial charge in [-0.15, -0.1) is 11.3 Å². The first-order valence-corrected chi connectivity index (χ1v) is 9.95. The van der Waals surface area contributed by atoms with Crippen LogP contribution in [0.5, 0.6) is 11.5 Å². The fourth-order valence-electron chi connectivity index (χ4n) is 3.13. The Morgan fingerprint density at radius 2 is 2.10 bits per heavy atom. The maximum atomic E-state index is 12.8. The fourth-order valence-corrected chi connectivity index (χ4v) is 3.96. The van der Waals surface area contributed by atoms with Crippen molar-refractivity contribution < 1.29 is 14.3 Å². The van der Waals surface area contributed by atoms with Gasteiger partial charge >= 0.3 is 0 Å². The quantitative estimate of drug-likeness (QED) is 0.510. The number of aryl methyl sites for hydroxylation is 1. The molecule has 7 nitrogen and oxygen atoms in total. The molecule has 0 fully saturated rings. The second-order valence-electron chi connectivity index (χ2n) is 6.26. The van der Waals surface area contributed by atoms with Crippen LogP contribution < -0.4 is 14.8 Å². The van der Waals surface area contributed by atoms with Crippen molar-refractivity contribution >= 4 is 34.0 Å². The lowest BCUT2D eigenvalue weighted by Crippen LogP contribution is -2.13. The zero-order chi connectivity index (χ0) is 20.4. The van der Waals surface area contributed by atoms with Crippen LogP contribution in [-0.4, -0.2) is 34.7 Å². The first-order chi connectivity index (χ1) is 14.1. The number of ether oxygens (including phenoxy) is 2. The van der Waals surface area contributed by atoms with E-state index in [1.165, 1.54) is 11.3 Å². The summed E-state index contributed by atoms with van der Waals surface area (Å²) in [7, 11) is 3.12. The lowest BCUT2D eigenvalue weighted by Gasteiger charge is -2.10. The second kappa shape index (κ2) is 7.92. The SMILES string of the molecule is CCn1cc(-c2nc(C(=O)Nc3cc(OC)ccc3OC)cs2)c2cccnc21. The summed E-state index contributed by atoms with van der Waals surface area (Å²) in [5.41, 5.74) is 2.75. The number of amides is 1. The zero-order valence-corrected chi connectivity index (χ0v) is 17.1. The molecule has 3 heterocycles. The third-order valence-electron chi connectivity index (χ3n) is 4.60. The summed E-state index contributed by atoms with van der Waals surface area (Å²) in [6.07, 6.45) is 3.81. The summed E-state index contributed by atoms with van der Waals surface area (Å²) in [5.74, 6) is 0.864. The molecular weight excluding hydrogens is 388 g/mol. The van der Waals surface area contributed by atoms with Gasteiger partial charge in [0.25, 0.3) is 5.91 Å². The average Bonchev–Trinajstić information content (AvgIpc) is 3.38. The van der Waals surface area contributed by atoms with E-state index in [1.807, 2.05) is 18.3 Å². The van der Waals surface area contributed by atoms with Gasteiger partial charge in [0.2, 0.25) is 0 Å². The molecule has 4 aromatic rings. The number of methoxy groups -OCH3 is 2. The van der Waals surface area contributed by atoms with Gasteiger partial charge in [-0.3, -0.25) is 4.79 Å². The first-order valence-electron chi connectivity index (χ1n) is 9.07. The summed E-state index contributed by atoms with van der Waals surface area (Å²) in [5, 5.41) is 6.40. The van der Waals surface area contributed by atoms with Crippen LogP contribution in [0.15, 0.2) is 48.1 Å². The van der Waals surface area contributed by atoms with Crippen molar-refractivity contribution in [2.75, 3.05) is 19.5 Å². The van der Waals surface area contributed by atoms with Crippen LogP contribution in [-0.2, 0) is 6.54 Å². The third kappa shape index (κ3) is 3.54. The Balaban J connectivity index is 1.64. The number of carbonyl (C=O) groups is 1. The molecule has 0 spiro atoms. The Kier molecular flexibility index (Phi) is 5.18. The summed E-state index contributed by atoms with van der Waals surface area (Å²) in [4.78, 5) is 21.8. The molecule has 4 rings (SSSR count). The summed E-state index contributed by atoms with van der Waals surface area (Å²) < 4.78 is 12.6. The molecule has 1 aromatic carbocycles. The van der Waals surface area contributed by atoms with Gasteiger partial charge < -0.3 is 19.4 Å². The number of nitrogens with one attached hydrogen (secondary N) is 1. The zero-order valence-electron chi connectivity index (χ0n) is 16.3. The monoisotopic (exact) mass is 408 g/mol. The van der Waals surface area contributed by atoms with Gasteiger partial charge in [0.1, 0.15) is 27.8 Å². The summed E-state index contributed by atoms with van der Waals surface area (Å²) >= 11 is 1.43. The van der Waals surface area contributed by atoms with Gasteiger partial charge in [-0.05, 0) is 31.2 Å². The molecule has 3 aromatic heterocycles. The summed E-state index contributed by atoms with van der Waals surface area (Å²) in [6.45, 7) is 2.88. The van der Waals surface area contributed by atoms with E-state index in [0.717, 1.165) is 28.1 Å². The van der Waals surface area contributed by atoms with Gasteiger partial charge in [-0.25, -0.2) is 9.97 Å². The minimum absolute atomic E-state index is 0.309. The molecule has 0 saturated carbocycles. The highest BCUT2D eigenvalue weighted by molar-refractivity contribution is 7.13. The van der Waals surface area contributed by atoms with E-state index in [1.54, 1.807) is 44.0 Å². The Morgan fingerprint density at radius 1 is 1.24 bits per heavy atom. The number of thiazole rings is 1. The largest absolute Gasteiger partial charge is 0.497 e. The van der Waals surface area contributed by atoms with Crippen molar-refractivity contribution in [2.24, 2.45) is 0 Å². The molecule has 8 heteroatoms. The van der Waals surface area contributed by atoms with Crippen molar-refractivity contribution in [3.05, 3.63) is 53.8 Å². The lowest BCUT2D eigenvalue weighted by atomic mass is 10.2. The first kappa shape index (κ1) is 18.9. The third-order valence-corrected chi connectivity index (χ3v) is 5.47. The molecule has 0 saturated heterocycles. The van der Waals surface area contributed by atoms with Gasteiger partial charge in [0.05, 0.1) is 19.9 Å². The minimum Gasteiger partial charge on any atom is -0.497 e. The van der Waals surface area contributed by atoms with E-state index >= 15 is 0 Å². The normalized spacial score (nSPS) is 10.9. The van der Waals surface area contributed by atoms with Crippen LogP contribution in [0.1, 0.15) is 17.4 Å². The molecule has 0 aliphatic rings. The van der Waals surface area contributed by atoms with Gasteiger partial charge in [-0.2, -0.15) is 0 Å². The van der Waals surface area contributed by atoms with Crippen molar-refractivity contribution in [2.45, 2.75) is 13.5 Å². The van der Waals surface area contributed by atoms with Crippen molar-refractivity contribution in [3.8, 4) is 22.1 Å². The number of benzene rings is 1. The highest BCUT2D eigenvalue weighted by atomic mass is 32.1. The van der Waals surface area contributed by atoms with Crippen LogP contribution in [0, 0.1) is 0 Å². The van der Waals surface area contributed by atoms with Crippen LogP contribution in [0.25, 0.3) is 21.6 Å². The lowest BCUT2D eigenvalue weighted by molar-refractivity contribution is 0.102. The molecule has 0 atom stereocenters. The molecule has 0 aliphatic carbocycles. The molecule has 1 N–H and O–H groups in total. The van der Waals surface area contributed by atoms with E-state index < -0.39 is 0 Å². The fraction of sp³-hybridized carbons (Fsp3) is 0.190. The molecule has 0 radical (unpaired) electrons. The van der Waals surface area contributed by atoms with E-state index in [4.69, 9.17) is 9.47 Å². The number of hydrogen-bond acceptors (Lipinski definition) is 6. The Morgan fingerprint density at radius 3 is 2.86 bits per heavy atom. The second-order valence-corrected chi connectivity index (χ2v) is 7.12. The number of nitrogens with zero attached hydrogens (tertiary/aromatic N) is 3. The van der Waals surface area contributed by atoms with E-state index in [2.05, 4.69) is 26.8 Å². The minimum atomic E-state index is -0.309. The number of anilines is 1. The van der Waals surface area contributed by atoms with Crippen LogP contribution in [0.3, 0.4) is 0 Å². The predicted molar refractivity (Wildman–Crippen MR) is 114 cm³/mol. The van der Waals surface area contributed by atoms with E-state index in [-0.39, 0.29) is 5.91 Å². The van der Waals surface area contributed by atoms with Gasteiger partial charge in [0, 0.05) is 41.3 Å². The number of rotatable bonds is 6. The number of fused-ring (bicyclic) bond motifs is 1. The molecule has 0 aliphatic heterocycles. The van der Waals surface area contributed by atoms with E-state index in [0.29, 0.717) is 22.9 Å². The maximum Gasteiger partial charge on any atom is 0.275 e. The Bertz CT molecular complexity index is 1180.